The topological polar surface area (TPSA) is 61.2 Å². The van der Waals surface area contributed by atoms with Gasteiger partial charge in [-0.1, -0.05) is 18.6 Å². The number of fused-ring (bicyclic) bond motifs is 5. The van der Waals surface area contributed by atoms with E-state index in [1.54, 1.807) is 4.57 Å². The lowest BCUT2D eigenvalue weighted by molar-refractivity contribution is -0.148. The molecule has 0 saturated heterocycles. The van der Waals surface area contributed by atoms with Crippen molar-refractivity contribution in [1.29, 1.82) is 0 Å². The van der Waals surface area contributed by atoms with Gasteiger partial charge in [-0.2, -0.15) is 0 Å². The van der Waals surface area contributed by atoms with Gasteiger partial charge in [-0.05, 0) is 43.2 Å². The van der Waals surface area contributed by atoms with Gasteiger partial charge in [-0.15, -0.1) is 0 Å². The monoisotopic (exact) mass is 346 g/mol. The molecule has 1 aromatic carbocycles. The maximum Gasteiger partial charge on any atom is 0.313 e. The number of hydrogen-bond donors (Lipinski definition) is 0. The minimum Gasteiger partial charge on any atom is -0.460 e. The minimum atomic E-state index is -0.371. The number of carbonyl (C=O) groups is 1. The standard InChI is InChI=1S/C21H18N2O3/c1-3-14-15-8-18-19-13(7-12-6-11(2)4-5-17(12)22-19)9-23(18)20(24)16(15)10-26-21(14)25/h4-8,14H,3,9-10H2,1-2H3. The predicted molar refractivity (Wildman–Crippen MR) is 98.1 cm³/mol. The summed E-state index contributed by atoms with van der Waals surface area (Å²) in [6.07, 6.45) is 0.617. The fourth-order valence-electron chi connectivity index (χ4n) is 4.13. The van der Waals surface area contributed by atoms with Gasteiger partial charge in [-0.25, -0.2) is 4.98 Å². The molecule has 5 heteroatoms. The molecule has 130 valence electrons. The van der Waals surface area contributed by atoms with E-state index in [4.69, 9.17) is 9.72 Å². The van der Waals surface area contributed by atoms with Crippen molar-refractivity contribution in [2.45, 2.75) is 39.3 Å². The SMILES string of the molecule is CCC1C(=O)OCc2c1cc1n(c2=O)Cc2cc3cc(C)ccc3nc2-1. The van der Waals surface area contributed by atoms with Gasteiger partial charge in [0, 0.05) is 10.9 Å². The summed E-state index contributed by atoms with van der Waals surface area (Å²) in [7, 11) is 0. The van der Waals surface area contributed by atoms with E-state index in [-0.39, 0.29) is 24.1 Å². The molecule has 0 saturated carbocycles. The van der Waals surface area contributed by atoms with Gasteiger partial charge in [0.25, 0.3) is 5.56 Å². The molecule has 26 heavy (non-hydrogen) atoms. The van der Waals surface area contributed by atoms with Gasteiger partial charge in [0.1, 0.15) is 6.61 Å². The molecule has 5 nitrogen and oxygen atoms in total. The van der Waals surface area contributed by atoms with Gasteiger partial charge in [0.2, 0.25) is 0 Å². The summed E-state index contributed by atoms with van der Waals surface area (Å²) in [5.74, 6) is -0.617. The van der Waals surface area contributed by atoms with Gasteiger partial charge in [0.15, 0.2) is 0 Å². The van der Waals surface area contributed by atoms with E-state index in [1.807, 2.05) is 25.1 Å². The largest absolute Gasteiger partial charge is 0.460 e. The molecule has 4 heterocycles. The third-order valence-corrected chi connectivity index (χ3v) is 5.48. The van der Waals surface area contributed by atoms with Crippen LogP contribution in [0.2, 0.25) is 0 Å². The van der Waals surface area contributed by atoms with Crippen molar-refractivity contribution in [1.82, 2.24) is 9.55 Å². The van der Waals surface area contributed by atoms with Crippen molar-refractivity contribution in [2.75, 3.05) is 0 Å². The van der Waals surface area contributed by atoms with E-state index in [0.29, 0.717) is 18.5 Å². The minimum absolute atomic E-state index is 0.0642. The second-order valence-corrected chi connectivity index (χ2v) is 7.12. The molecular formula is C21H18N2O3. The van der Waals surface area contributed by atoms with E-state index < -0.39 is 0 Å². The zero-order chi connectivity index (χ0) is 18.0. The number of aryl methyl sites for hydroxylation is 1. The van der Waals surface area contributed by atoms with Crippen molar-refractivity contribution < 1.29 is 9.53 Å². The molecular weight excluding hydrogens is 328 g/mol. The molecule has 0 spiro atoms. The van der Waals surface area contributed by atoms with Crippen molar-refractivity contribution >= 4 is 16.9 Å². The molecule has 0 bridgehead atoms. The number of cyclic esters (lactones) is 1. The number of esters is 1. The van der Waals surface area contributed by atoms with Crippen LogP contribution < -0.4 is 5.56 Å². The summed E-state index contributed by atoms with van der Waals surface area (Å²) < 4.78 is 6.99. The Morgan fingerprint density at radius 1 is 1.23 bits per heavy atom. The summed E-state index contributed by atoms with van der Waals surface area (Å²) in [5, 5.41) is 1.08. The number of carbonyl (C=O) groups excluding carboxylic acids is 1. The number of pyridine rings is 2. The maximum atomic E-state index is 13.0. The van der Waals surface area contributed by atoms with Crippen molar-refractivity contribution in [3.8, 4) is 11.4 Å². The lowest BCUT2D eigenvalue weighted by Crippen LogP contribution is -2.32. The molecule has 0 amide bonds. The van der Waals surface area contributed by atoms with Gasteiger partial charge < -0.3 is 9.30 Å². The van der Waals surface area contributed by atoms with E-state index in [0.717, 1.165) is 33.4 Å². The van der Waals surface area contributed by atoms with Crippen LogP contribution in [0.25, 0.3) is 22.3 Å². The molecule has 0 fully saturated rings. The lowest BCUT2D eigenvalue weighted by atomic mass is 9.90. The van der Waals surface area contributed by atoms with Crippen LogP contribution in [-0.2, 0) is 22.7 Å². The Labute approximate surface area is 150 Å². The Balaban J connectivity index is 1.77. The number of nitrogens with zero attached hydrogens (tertiary/aromatic N) is 2. The average molecular weight is 346 g/mol. The van der Waals surface area contributed by atoms with Crippen molar-refractivity contribution in [2.24, 2.45) is 0 Å². The highest BCUT2D eigenvalue weighted by molar-refractivity contribution is 5.85. The van der Waals surface area contributed by atoms with Crippen LogP contribution in [0.1, 0.15) is 41.5 Å². The Kier molecular flexibility index (Phi) is 3.11. The Bertz CT molecular complexity index is 1160. The van der Waals surface area contributed by atoms with Crippen LogP contribution in [0.5, 0.6) is 0 Å². The number of hydrogen-bond acceptors (Lipinski definition) is 4. The second-order valence-electron chi connectivity index (χ2n) is 7.12. The summed E-state index contributed by atoms with van der Waals surface area (Å²) >= 11 is 0. The molecule has 1 unspecified atom stereocenters. The molecule has 1 atom stereocenters. The molecule has 0 radical (unpaired) electrons. The lowest BCUT2D eigenvalue weighted by Gasteiger charge is -2.24. The molecule has 2 aromatic heterocycles. The normalized spacial score (nSPS) is 17.6. The molecule has 3 aromatic rings. The highest BCUT2D eigenvalue weighted by atomic mass is 16.5. The Morgan fingerprint density at radius 3 is 2.88 bits per heavy atom. The predicted octanol–water partition coefficient (Wildman–Crippen LogP) is 3.28. The fraction of sp³-hybridized carbons (Fsp3) is 0.286. The van der Waals surface area contributed by atoms with Crippen LogP contribution in [0.3, 0.4) is 0 Å². The molecule has 5 rings (SSSR count). The highest BCUT2D eigenvalue weighted by Gasteiger charge is 2.33. The first kappa shape index (κ1) is 15.3. The molecule has 0 N–H and O–H groups in total. The van der Waals surface area contributed by atoms with Crippen molar-refractivity contribution in [3.63, 3.8) is 0 Å². The zero-order valence-electron chi connectivity index (χ0n) is 14.7. The van der Waals surface area contributed by atoms with Crippen molar-refractivity contribution in [3.05, 3.63) is 62.9 Å². The van der Waals surface area contributed by atoms with Gasteiger partial charge in [0.05, 0.1) is 34.9 Å². The smallest absolute Gasteiger partial charge is 0.313 e. The van der Waals surface area contributed by atoms with Crippen LogP contribution in [0.15, 0.2) is 35.1 Å². The first-order valence-electron chi connectivity index (χ1n) is 8.90. The Morgan fingerprint density at radius 2 is 2.08 bits per heavy atom. The quantitative estimate of drug-likeness (QED) is 0.496. The number of benzene rings is 1. The average Bonchev–Trinajstić information content (AvgIpc) is 2.98. The van der Waals surface area contributed by atoms with Crippen LogP contribution >= 0.6 is 0 Å². The third kappa shape index (κ3) is 2.00. The Hall–Kier alpha value is -2.95. The molecule has 2 aliphatic heterocycles. The first-order chi connectivity index (χ1) is 12.6. The van der Waals surface area contributed by atoms with Crippen LogP contribution in [-0.4, -0.2) is 15.5 Å². The number of ether oxygens (including phenoxy) is 1. The number of aromatic nitrogens is 2. The molecule has 0 aliphatic carbocycles. The highest BCUT2D eigenvalue weighted by Crippen LogP contribution is 2.36. The van der Waals surface area contributed by atoms with E-state index in [2.05, 4.69) is 19.1 Å². The summed E-state index contributed by atoms with van der Waals surface area (Å²) in [4.78, 5) is 30.0. The number of rotatable bonds is 1. The zero-order valence-corrected chi connectivity index (χ0v) is 14.7. The summed E-state index contributed by atoms with van der Waals surface area (Å²) in [5.41, 5.74) is 6.13. The first-order valence-corrected chi connectivity index (χ1v) is 8.90. The fourth-order valence-corrected chi connectivity index (χ4v) is 4.13. The maximum absolute atomic E-state index is 13.0. The second kappa shape index (κ2) is 5.27. The van der Waals surface area contributed by atoms with Gasteiger partial charge in [-0.3, -0.25) is 9.59 Å². The van der Waals surface area contributed by atoms with Crippen LogP contribution in [0, 0.1) is 6.92 Å². The van der Waals surface area contributed by atoms with E-state index in [1.165, 1.54) is 5.56 Å². The van der Waals surface area contributed by atoms with Crippen LogP contribution in [0.4, 0.5) is 0 Å². The summed E-state index contributed by atoms with van der Waals surface area (Å²) in [6.45, 7) is 4.57. The summed E-state index contributed by atoms with van der Waals surface area (Å²) in [6, 6.07) is 10.3. The van der Waals surface area contributed by atoms with E-state index in [9.17, 15) is 9.59 Å². The van der Waals surface area contributed by atoms with E-state index >= 15 is 0 Å². The molecule has 2 aliphatic rings. The third-order valence-electron chi connectivity index (χ3n) is 5.48. The van der Waals surface area contributed by atoms with Gasteiger partial charge >= 0.3 is 5.97 Å².